The first kappa shape index (κ1) is 19.4. The Balaban J connectivity index is 1.58. The Morgan fingerprint density at radius 1 is 1.11 bits per heavy atom. The van der Waals surface area contributed by atoms with Gasteiger partial charge < -0.3 is 10.1 Å². The van der Waals surface area contributed by atoms with Gasteiger partial charge in [-0.05, 0) is 36.4 Å². The van der Waals surface area contributed by atoms with Crippen LogP contribution in [0.15, 0.2) is 59.5 Å². The summed E-state index contributed by atoms with van der Waals surface area (Å²) < 4.78 is 42.6. The Kier molecular flexibility index (Phi) is 5.62. The molecule has 6 nitrogen and oxygen atoms in total. The lowest BCUT2D eigenvalue weighted by atomic mass is 10.2. The smallest absolute Gasteiger partial charge is 0.422 e. The number of halogens is 3. The topological polar surface area (TPSA) is 73.2 Å². The zero-order chi connectivity index (χ0) is 20.1. The third-order valence-corrected chi connectivity index (χ3v) is 3.85. The largest absolute Gasteiger partial charge is 0.484 e. The van der Waals surface area contributed by atoms with Crippen molar-refractivity contribution in [3.63, 3.8) is 0 Å². The summed E-state index contributed by atoms with van der Waals surface area (Å²) in [6, 6.07) is 12.6. The lowest BCUT2D eigenvalue weighted by molar-refractivity contribution is -0.153. The molecule has 1 amide bonds. The van der Waals surface area contributed by atoms with Gasteiger partial charge in [0, 0.05) is 17.5 Å². The fourth-order valence-corrected chi connectivity index (χ4v) is 2.57. The number of fused-ring (bicyclic) bond motifs is 1. The van der Waals surface area contributed by atoms with Crippen molar-refractivity contribution >= 4 is 22.5 Å². The van der Waals surface area contributed by atoms with Crippen molar-refractivity contribution in [3.05, 3.63) is 65.0 Å². The fraction of sp³-hybridized carbons (Fsp3) is 0.211. The van der Waals surface area contributed by atoms with E-state index in [-0.39, 0.29) is 30.1 Å². The van der Waals surface area contributed by atoms with Crippen molar-refractivity contribution in [2.45, 2.75) is 19.1 Å². The minimum Gasteiger partial charge on any atom is -0.484 e. The third kappa shape index (κ3) is 5.09. The van der Waals surface area contributed by atoms with Gasteiger partial charge in [-0.1, -0.05) is 12.1 Å². The number of hydrogen-bond donors (Lipinski definition) is 1. The molecule has 0 fully saturated rings. The minimum absolute atomic E-state index is 0.0549. The van der Waals surface area contributed by atoms with E-state index < -0.39 is 12.8 Å². The van der Waals surface area contributed by atoms with Crippen molar-refractivity contribution in [2.24, 2.45) is 0 Å². The molecule has 0 aliphatic rings. The normalized spacial score (nSPS) is 11.4. The maximum Gasteiger partial charge on any atom is 0.422 e. The summed E-state index contributed by atoms with van der Waals surface area (Å²) in [5, 5.41) is 7.23. The zero-order valence-electron chi connectivity index (χ0n) is 14.6. The molecular formula is C19H16F3N3O3. The Hall–Kier alpha value is -3.36. The van der Waals surface area contributed by atoms with Crippen LogP contribution in [0, 0.1) is 0 Å². The van der Waals surface area contributed by atoms with Crippen LogP contribution in [0.2, 0.25) is 0 Å². The predicted molar refractivity (Wildman–Crippen MR) is 97.2 cm³/mol. The Morgan fingerprint density at radius 2 is 1.82 bits per heavy atom. The fourth-order valence-electron chi connectivity index (χ4n) is 2.57. The molecule has 0 saturated heterocycles. The van der Waals surface area contributed by atoms with Crippen molar-refractivity contribution in [1.82, 2.24) is 9.78 Å². The molecule has 0 atom stereocenters. The summed E-state index contributed by atoms with van der Waals surface area (Å²) in [6.07, 6.45) is -3.10. The molecule has 0 saturated carbocycles. The van der Waals surface area contributed by atoms with Gasteiger partial charge in [0.1, 0.15) is 5.75 Å². The Labute approximate surface area is 157 Å². The van der Waals surface area contributed by atoms with E-state index in [0.29, 0.717) is 16.6 Å². The number of rotatable bonds is 6. The molecule has 0 spiro atoms. The number of anilines is 1. The van der Waals surface area contributed by atoms with Crippen molar-refractivity contribution in [3.8, 4) is 5.75 Å². The van der Waals surface area contributed by atoms with E-state index >= 15 is 0 Å². The van der Waals surface area contributed by atoms with Crippen LogP contribution in [-0.4, -0.2) is 28.5 Å². The van der Waals surface area contributed by atoms with Gasteiger partial charge >= 0.3 is 6.18 Å². The highest BCUT2D eigenvalue weighted by Crippen LogP contribution is 2.20. The summed E-state index contributed by atoms with van der Waals surface area (Å²) in [6.45, 7) is -1.11. The van der Waals surface area contributed by atoms with Gasteiger partial charge in [-0.2, -0.15) is 18.3 Å². The molecule has 1 aromatic heterocycles. The second-order valence-corrected chi connectivity index (χ2v) is 5.98. The number of carbonyl (C=O) groups excluding carboxylic acids is 1. The second-order valence-electron chi connectivity index (χ2n) is 5.98. The number of hydrogen-bond acceptors (Lipinski definition) is 4. The van der Waals surface area contributed by atoms with E-state index in [4.69, 9.17) is 0 Å². The molecule has 0 radical (unpaired) electrons. The second kappa shape index (κ2) is 8.12. The third-order valence-electron chi connectivity index (χ3n) is 3.85. The van der Waals surface area contributed by atoms with Crippen LogP contribution in [0.1, 0.15) is 6.42 Å². The van der Waals surface area contributed by atoms with Crippen LogP contribution in [0.25, 0.3) is 10.9 Å². The average molecular weight is 391 g/mol. The molecule has 0 aliphatic heterocycles. The van der Waals surface area contributed by atoms with Crippen molar-refractivity contribution < 1.29 is 22.7 Å². The first-order valence-electron chi connectivity index (χ1n) is 8.36. The van der Waals surface area contributed by atoms with Gasteiger partial charge in [0.05, 0.1) is 18.3 Å². The summed E-state index contributed by atoms with van der Waals surface area (Å²) in [5.41, 5.74) is 0.875. The van der Waals surface area contributed by atoms with E-state index in [1.165, 1.54) is 30.5 Å². The molecule has 0 aliphatic carbocycles. The van der Waals surface area contributed by atoms with Gasteiger partial charge in [-0.15, -0.1) is 0 Å². The molecule has 0 unspecified atom stereocenters. The molecule has 9 heteroatoms. The number of alkyl halides is 3. The summed E-state index contributed by atoms with van der Waals surface area (Å²) in [4.78, 5) is 23.9. The first-order chi connectivity index (χ1) is 13.3. The van der Waals surface area contributed by atoms with Crippen LogP contribution < -0.4 is 15.5 Å². The van der Waals surface area contributed by atoms with E-state index in [2.05, 4.69) is 15.2 Å². The van der Waals surface area contributed by atoms with E-state index in [9.17, 15) is 22.8 Å². The number of aryl methyl sites for hydroxylation is 1. The van der Waals surface area contributed by atoms with Gasteiger partial charge in [-0.3, -0.25) is 14.3 Å². The van der Waals surface area contributed by atoms with Gasteiger partial charge in [-0.25, -0.2) is 0 Å². The molecule has 1 heterocycles. The lowest BCUT2D eigenvalue weighted by Crippen LogP contribution is -2.19. The van der Waals surface area contributed by atoms with Crippen molar-refractivity contribution in [2.75, 3.05) is 11.9 Å². The van der Waals surface area contributed by atoms with E-state index in [1.807, 2.05) is 0 Å². The number of benzene rings is 2. The summed E-state index contributed by atoms with van der Waals surface area (Å²) in [7, 11) is 0. The molecule has 3 rings (SSSR count). The minimum atomic E-state index is -4.41. The molecular weight excluding hydrogens is 375 g/mol. The number of aromatic nitrogens is 2. The van der Waals surface area contributed by atoms with Gasteiger partial charge in [0.25, 0.3) is 0 Å². The monoisotopic (exact) mass is 391 g/mol. The molecule has 28 heavy (non-hydrogen) atoms. The van der Waals surface area contributed by atoms with Crippen molar-refractivity contribution in [1.29, 1.82) is 0 Å². The maximum absolute atomic E-state index is 12.1. The number of para-hydroxylation sites is 1. The van der Waals surface area contributed by atoms with Crippen LogP contribution in [0.3, 0.4) is 0 Å². The Bertz CT molecular complexity index is 1030. The highest BCUT2D eigenvalue weighted by molar-refractivity contribution is 5.90. The average Bonchev–Trinajstić information content (AvgIpc) is 2.66. The number of carbonyl (C=O) groups is 1. The highest BCUT2D eigenvalue weighted by atomic mass is 19.4. The molecule has 1 N–H and O–H groups in total. The maximum atomic E-state index is 12.1. The number of nitrogens with one attached hydrogen (secondary N) is 1. The molecule has 0 bridgehead atoms. The summed E-state index contributed by atoms with van der Waals surface area (Å²) in [5.74, 6) is -0.243. The molecule has 146 valence electrons. The Morgan fingerprint density at radius 3 is 2.54 bits per heavy atom. The number of amides is 1. The molecule has 3 aromatic rings. The standard InChI is InChI=1S/C19H16F3N3O3/c20-19(21,22)12-28-14-7-5-13(6-8-14)24-18(27)9-10-25-16-4-2-1-3-15(16)17(26)11-23-25/h1-8,11H,9-10,12H2,(H,24,27). The van der Waals surface area contributed by atoms with Gasteiger partial charge in [0.2, 0.25) is 11.3 Å². The van der Waals surface area contributed by atoms with E-state index in [0.717, 1.165) is 0 Å². The first-order valence-corrected chi connectivity index (χ1v) is 8.36. The zero-order valence-corrected chi connectivity index (χ0v) is 14.6. The molecule has 2 aromatic carbocycles. The number of ether oxygens (including phenoxy) is 1. The van der Waals surface area contributed by atoms with E-state index in [1.54, 1.807) is 28.9 Å². The highest BCUT2D eigenvalue weighted by Gasteiger charge is 2.28. The van der Waals surface area contributed by atoms with Crippen LogP contribution in [-0.2, 0) is 11.3 Å². The number of nitrogens with zero attached hydrogens (tertiary/aromatic N) is 2. The summed E-state index contributed by atoms with van der Waals surface area (Å²) >= 11 is 0. The van der Waals surface area contributed by atoms with Gasteiger partial charge in [0.15, 0.2) is 6.61 Å². The van der Waals surface area contributed by atoms with Crippen LogP contribution in [0.4, 0.5) is 18.9 Å². The van der Waals surface area contributed by atoms with Crippen LogP contribution in [0.5, 0.6) is 5.75 Å². The predicted octanol–water partition coefficient (Wildman–Crippen LogP) is 3.37. The lowest BCUT2D eigenvalue weighted by Gasteiger charge is -2.11. The quantitative estimate of drug-likeness (QED) is 0.699. The SMILES string of the molecule is O=C(CCn1ncc(=O)c2ccccc21)Nc1ccc(OCC(F)(F)F)cc1. The van der Waals surface area contributed by atoms with Crippen LogP contribution >= 0.6 is 0 Å².